The standard InChI is InChI=1S/C31H36N6O/c1-20-15-24(31(38)35(4)5)16-21(2)29(20)22-10-13-37(14-11-22)19-25-17-27-26(9-12-33-30(27)36(25)6)23-7-8-28(32-3)34-18-23/h7-10,12,15-18H,11,13-14,19H2,1-6H3,(H,32,34). The van der Waals surface area contributed by atoms with Crippen LogP contribution in [0.4, 0.5) is 5.82 Å². The number of carbonyl (C=O) groups excluding carboxylic acids is 1. The van der Waals surface area contributed by atoms with E-state index in [1.165, 1.54) is 28.0 Å². The van der Waals surface area contributed by atoms with E-state index in [2.05, 4.69) is 69.9 Å². The molecule has 1 N–H and O–H groups in total. The molecule has 5 rings (SSSR count). The molecule has 0 spiro atoms. The van der Waals surface area contributed by atoms with Gasteiger partial charge in [-0.3, -0.25) is 9.69 Å². The molecule has 0 saturated heterocycles. The normalized spacial score (nSPS) is 14.0. The van der Waals surface area contributed by atoms with Gasteiger partial charge >= 0.3 is 0 Å². The molecule has 1 aliphatic heterocycles. The second-order valence-electron chi connectivity index (χ2n) is 10.4. The molecular formula is C31H36N6O. The zero-order chi connectivity index (χ0) is 27.0. The summed E-state index contributed by atoms with van der Waals surface area (Å²) in [6.07, 6.45) is 7.13. The van der Waals surface area contributed by atoms with E-state index in [0.29, 0.717) is 0 Å². The Balaban J connectivity index is 1.36. The second-order valence-corrected chi connectivity index (χ2v) is 10.4. The molecule has 1 aromatic carbocycles. The molecule has 7 nitrogen and oxygen atoms in total. The summed E-state index contributed by atoms with van der Waals surface area (Å²) in [4.78, 5) is 25.8. The quantitative estimate of drug-likeness (QED) is 0.384. The van der Waals surface area contributed by atoms with Gasteiger partial charge in [-0.1, -0.05) is 6.08 Å². The Kier molecular flexibility index (Phi) is 7.04. The van der Waals surface area contributed by atoms with Crippen molar-refractivity contribution < 1.29 is 4.79 Å². The molecule has 0 fully saturated rings. The van der Waals surface area contributed by atoms with Gasteiger partial charge < -0.3 is 14.8 Å². The summed E-state index contributed by atoms with van der Waals surface area (Å²) >= 11 is 0. The van der Waals surface area contributed by atoms with Crippen LogP contribution in [0, 0.1) is 13.8 Å². The molecule has 38 heavy (non-hydrogen) atoms. The number of hydrogen-bond donors (Lipinski definition) is 1. The van der Waals surface area contributed by atoms with Gasteiger partial charge in [-0.2, -0.15) is 0 Å². The monoisotopic (exact) mass is 508 g/mol. The molecule has 7 heteroatoms. The average molecular weight is 509 g/mol. The Hall–Kier alpha value is -3.97. The predicted octanol–water partition coefficient (Wildman–Crippen LogP) is 5.28. The van der Waals surface area contributed by atoms with Crippen LogP contribution >= 0.6 is 0 Å². The van der Waals surface area contributed by atoms with Crippen molar-refractivity contribution in [2.45, 2.75) is 26.8 Å². The fraction of sp³-hybridized carbons (Fsp3) is 0.323. The van der Waals surface area contributed by atoms with Crippen LogP contribution < -0.4 is 5.32 Å². The summed E-state index contributed by atoms with van der Waals surface area (Å²) in [5.41, 5.74) is 10.2. The van der Waals surface area contributed by atoms with Crippen molar-refractivity contribution in [2.75, 3.05) is 39.5 Å². The predicted molar refractivity (Wildman–Crippen MR) is 155 cm³/mol. The maximum Gasteiger partial charge on any atom is 0.253 e. The molecule has 1 amide bonds. The van der Waals surface area contributed by atoms with E-state index < -0.39 is 0 Å². The second kappa shape index (κ2) is 10.4. The van der Waals surface area contributed by atoms with Crippen molar-refractivity contribution in [3.8, 4) is 11.1 Å². The van der Waals surface area contributed by atoms with Gasteiger partial charge in [-0.15, -0.1) is 0 Å². The number of amides is 1. The summed E-state index contributed by atoms with van der Waals surface area (Å²) < 4.78 is 2.21. The summed E-state index contributed by atoms with van der Waals surface area (Å²) in [5.74, 6) is 0.902. The third-order valence-corrected chi connectivity index (χ3v) is 7.54. The molecule has 0 aliphatic carbocycles. The molecular weight excluding hydrogens is 472 g/mol. The maximum atomic E-state index is 12.5. The highest BCUT2D eigenvalue weighted by Gasteiger charge is 2.20. The van der Waals surface area contributed by atoms with E-state index in [-0.39, 0.29) is 5.91 Å². The van der Waals surface area contributed by atoms with Crippen molar-refractivity contribution in [1.29, 1.82) is 0 Å². The number of fused-ring (bicyclic) bond motifs is 1. The minimum atomic E-state index is 0.0467. The van der Waals surface area contributed by atoms with Crippen molar-refractivity contribution in [1.82, 2.24) is 24.3 Å². The zero-order valence-electron chi connectivity index (χ0n) is 23.2. The molecule has 1 aliphatic rings. The fourth-order valence-corrected chi connectivity index (χ4v) is 5.54. The first-order valence-corrected chi connectivity index (χ1v) is 13.1. The molecule has 0 atom stereocenters. The van der Waals surface area contributed by atoms with Crippen molar-refractivity contribution >= 4 is 28.3 Å². The lowest BCUT2D eigenvalue weighted by Crippen LogP contribution is -2.29. The number of hydrogen-bond acceptors (Lipinski definition) is 5. The first-order valence-electron chi connectivity index (χ1n) is 13.1. The van der Waals surface area contributed by atoms with Crippen LogP contribution in [0.3, 0.4) is 0 Å². The Morgan fingerprint density at radius 2 is 1.84 bits per heavy atom. The summed E-state index contributed by atoms with van der Waals surface area (Å²) in [6.45, 7) is 6.97. The smallest absolute Gasteiger partial charge is 0.253 e. The third kappa shape index (κ3) is 4.82. The topological polar surface area (TPSA) is 66.3 Å². The van der Waals surface area contributed by atoms with Crippen LogP contribution in [0.5, 0.6) is 0 Å². The van der Waals surface area contributed by atoms with Crippen LogP contribution in [-0.2, 0) is 13.6 Å². The largest absolute Gasteiger partial charge is 0.373 e. The van der Waals surface area contributed by atoms with E-state index in [1.807, 2.05) is 37.6 Å². The lowest BCUT2D eigenvalue weighted by molar-refractivity contribution is 0.0827. The van der Waals surface area contributed by atoms with Gasteiger partial charge in [0.15, 0.2) is 0 Å². The molecule has 4 heterocycles. The van der Waals surface area contributed by atoms with Crippen molar-refractivity contribution in [2.24, 2.45) is 7.05 Å². The lowest BCUT2D eigenvalue weighted by atomic mass is 9.90. The van der Waals surface area contributed by atoms with Crippen LogP contribution in [0.1, 0.15) is 39.2 Å². The number of benzene rings is 1. The number of aryl methyl sites for hydroxylation is 3. The summed E-state index contributed by atoms with van der Waals surface area (Å²) in [7, 11) is 7.57. The molecule has 0 radical (unpaired) electrons. The Morgan fingerprint density at radius 1 is 1.08 bits per heavy atom. The van der Waals surface area contributed by atoms with Gasteiger partial charge in [0.2, 0.25) is 0 Å². The number of rotatable bonds is 6. The number of nitrogens with zero attached hydrogens (tertiary/aromatic N) is 5. The third-order valence-electron chi connectivity index (χ3n) is 7.54. The highest BCUT2D eigenvalue weighted by Crippen LogP contribution is 2.32. The Morgan fingerprint density at radius 3 is 2.45 bits per heavy atom. The van der Waals surface area contributed by atoms with E-state index in [9.17, 15) is 4.79 Å². The fourth-order valence-electron chi connectivity index (χ4n) is 5.54. The van der Waals surface area contributed by atoms with Gasteiger partial charge in [-0.05, 0) is 84.5 Å². The number of anilines is 1. The maximum absolute atomic E-state index is 12.5. The van der Waals surface area contributed by atoms with E-state index in [4.69, 9.17) is 0 Å². The van der Waals surface area contributed by atoms with Crippen LogP contribution in [0.2, 0.25) is 0 Å². The highest BCUT2D eigenvalue weighted by atomic mass is 16.2. The Labute approximate surface area is 224 Å². The van der Waals surface area contributed by atoms with E-state index in [0.717, 1.165) is 59.6 Å². The first-order chi connectivity index (χ1) is 18.3. The molecule has 0 unspecified atom stereocenters. The number of pyridine rings is 2. The average Bonchev–Trinajstić information content (AvgIpc) is 3.23. The Bertz CT molecular complexity index is 1510. The summed E-state index contributed by atoms with van der Waals surface area (Å²) in [5, 5.41) is 4.23. The minimum absolute atomic E-state index is 0.0467. The van der Waals surface area contributed by atoms with Gasteiger partial charge in [0.05, 0.1) is 0 Å². The van der Waals surface area contributed by atoms with Gasteiger partial charge in [0, 0.05) is 82.4 Å². The number of carbonyl (C=O) groups is 1. The zero-order valence-corrected chi connectivity index (χ0v) is 23.2. The molecule has 4 aromatic rings. The molecule has 0 saturated carbocycles. The van der Waals surface area contributed by atoms with Gasteiger partial charge in [-0.25, -0.2) is 9.97 Å². The van der Waals surface area contributed by atoms with Crippen molar-refractivity contribution in [3.63, 3.8) is 0 Å². The SMILES string of the molecule is CNc1ccc(-c2ccnc3c2cc(CN2CC=C(c4c(C)cc(C(=O)N(C)C)cc4C)CC2)n3C)cn1. The van der Waals surface area contributed by atoms with Crippen molar-refractivity contribution in [3.05, 3.63) is 82.8 Å². The van der Waals surface area contributed by atoms with Crippen LogP contribution in [0.25, 0.3) is 27.7 Å². The minimum Gasteiger partial charge on any atom is -0.373 e. The molecule has 3 aromatic heterocycles. The van der Waals surface area contributed by atoms with Crippen LogP contribution in [0.15, 0.2) is 54.9 Å². The van der Waals surface area contributed by atoms with E-state index >= 15 is 0 Å². The van der Waals surface area contributed by atoms with Gasteiger partial charge in [0.25, 0.3) is 5.91 Å². The molecule has 196 valence electrons. The number of aromatic nitrogens is 3. The molecule has 0 bridgehead atoms. The summed E-state index contributed by atoms with van der Waals surface area (Å²) in [6, 6.07) is 12.5. The van der Waals surface area contributed by atoms with Crippen LogP contribution in [-0.4, -0.2) is 64.5 Å². The first kappa shape index (κ1) is 25.7. The van der Waals surface area contributed by atoms with E-state index in [1.54, 1.807) is 19.0 Å². The highest BCUT2D eigenvalue weighted by molar-refractivity contribution is 5.95. The van der Waals surface area contributed by atoms with Gasteiger partial charge in [0.1, 0.15) is 11.5 Å². The number of nitrogens with one attached hydrogen (secondary N) is 1. The lowest BCUT2D eigenvalue weighted by Gasteiger charge is -2.28.